The zero-order valence-electron chi connectivity index (χ0n) is 12.1. The molecule has 0 radical (unpaired) electrons. The third kappa shape index (κ3) is 2.12. The molecule has 1 saturated carbocycles. The van der Waals surface area contributed by atoms with Crippen molar-refractivity contribution in [3.8, 4) is 0 Å². The zero-order chi connectivity index (χ0) is 14.2. The molecule has 1 unspecified atom stereocenters. The molecule has 3 rings (SSSR count). The fourth-order valence-electron chi connectivity index (χ4n) is 3.70. The van der Waals surface area contributed by atoms with Crippen LogP contribution < -0.4 is 0 Å². The smallest absolute Gasteiger partial charge is 0.233 e. The number of carbonyl (C=O) groups is 1. The number of fused-ring (bicyclic) bond motifs is 2. The lowest BCUT2D eigenvalue weighted by atomic mass is 9.71. The van der Waals surface area contributed by atoms with Crippen LogP contribution in [0, 0.1) is 0 Å². The summed E-state index contributed by atoms with van der Waals surface area (Å²) >= 11 is 3.31. The van der Waals surface area contributed by atoms with Gasteiger partial charge in [-0.3, -0.25) is 4.79 Å². The lowest BCUT2D eigenvalue weighted by Crippen LogP contribution is -2.54. The molecule has 0 N–H and O–H groups in total. The maximum atomic E-state index is 12.4. The fraction of sp³-hybridized carbons (Fsp3) is 0.562. The molecule has 1 aromatic carbocycles. The maximum absolute atomic E-state index is 12.4. The molecule has 0 aromatic heterocycles. The molecule has 102 valence electrons. The van der Waals surface area contributed by atoms with E-state index in [0.717, 1.165) is 18.4 Å². The molecular weight excluding hydrogens is 302 g/mol. The van der Waals surface area contributed by atoms with Crippen molar-refractivity contribution in [2.75, 3.05) is 11.9 Å². The van der Waals surface area contributed by atoms with Gasteiger partial charge in [-0.25, -0.2) is 0 Å². The van der Waals surface area contributed by atoms with Crippen LogP contribution in [0.25, 0.3) is 0 Å². The Bertz CT molecular complexity index is 513. The Morgan fingerprint density at radius 2 is 2.05 bits per heavy atom. The maximum Gasteiger partial charge on any atom is 0.233 e. The predicted molar refractivity (Wildman–Crippen MR) is 80.4 cm³/mol. The van der Waals surface area contributed by atoms with Crippen molar-refractivity contribution in [2.24, 2.45) is 0 Å². The summed E-state index contributed by atoms with van der Waals surface area (Å²) < 4.78 is 8.35. The second-order valence-electron chi connectivity index (χ2n) is 5.52. The third-order valence-corrected chi connectivity index (χ3v) is 5.05. The van der Waals surface area contributed by atoms with E-state index in [-0.39, 0.29) is 17.8 Å². The van der Waals surface area contributed by atoms with Gasteiger partial charge >= 0.3 is 0 Å². The van der Waals surface area contributed by atoms with E-state index >= 15 is 0 Å². The molecule has 19 heavy (non-hydrogen) atoms. The highest BCUT2D eigenvalue weighted by atomic mass is 79.9. The Labute approximate surface area is 124 Å². The van der Waals surface area contributed by atoms with Crippen LogP contribution in [0.3, 0.4) is 0 Å². The average Bonchev–Trinajstić information content (AvgIpc) is 2.51. The summed E-state index contributed by atoms with van der Waals surface area (Å²) in [5, 5.41) is 0.351. The molecule has 1 aliphatic heterocycles. The van der Waals surface area contributed by atoms with E-state index in [9.17, 15) is 4.79 Å². The van der Waals surface area contributed by atoms with E-state index in [1.54, 1.807) is 0 Å². The number of hydrogen-bond donors (Lipinski definition) is 0. The van der Waals surface area contributed by atoms with Gasteiger partial charge in [0.05, 0.1) is 10.9 Å². The Morgan fingerprint density at radius 3 is 2.79 bits per heavy atom. The van der Waals surface area contributed by atoms with Crippen molar-refractivity contribution in [1.29, 1.82) is 0 Å². The molecule has 1 amide bonds. The van der Waals surface area contributed by atoms with Crippen LogP contribution in [0.2, 0.25) is 0 Å². The van der Waals surface area contributed by atoms with Crippen molar-refractivity contribution in [2.45, 2.75) is 44.0 Å². The van der Waals surface area contributed by atoms with Gasteiger partial charge in [0.1, 0.15) is 0 Å². The molecule has 1 heterocycles. The van der Waals surface area contributed by atoms with E-state index in [1.807, 2.05) is 17.0 Å². The van der Waals surface area contributed by atoms with E-state index < -0.39 is 0 Å². The van der Waals surface area contributed by atoms with Crippen molar-refractivity contribution in [3.05, 3.63) is 35.4 Å². The normalized spacial score (nSPS) is 25.8. The average molecular weight is 323 g/mol. The summed E-state index contributed by atoms with van der Waals surface area (Å²) in [5.41, 5.74) is 2.19. The molecule has 2 aliphatic rings. The molecule has 1 aromatic rings. The predicted octanol–water partition coefficient (Wildman–Crippen LogP) is 3.63. The number of alkyl halides is 1. The van der Waals surface area contributed by atoms with Crippen LogP contribution in [-0.4, -0.2) is 22.7 Å². The van der Waals surface area contributed by atoms with Gasteiger partial charge in [-0.05, 0) is 30.4 Å². The van der Waals surface area contributed by atoms with E-state index in [2.05, 4.69) is 28.1 Å². The largest absolute Gasteiger partial charge is 0.332 e. The van der Waals surface area contributed by atoms with Gasteiger partial charge in [-0.15, -0.1) is 0 Å². The highest BCUT2D eigenvalue weighted by molar-refractivity contribution is 9.09. The molecule has 1 aliphatic carbocycles. The summed E-state index contributed by atoms with van der Waals surface area (Å²) in [4.78, 5) is 14.4. The SMILES string of the molecule is [2H]C1CN(C(=O)CBr)C2(CCCCC2)c2ccccc21. The standard InChI is InChI=1S/C16H20BrNO/c17-12-15(19)18-11-8-13-6-2-3-7-14(13)16(18)9-4-1-5-10-16/h2-3,6-7H,1,4-5,8-12H2/i8D. The molecule has 1 spiro atoms. The quantitative estimate of drug-likeness (QED) is 0.723. The summed E-state index contributed by atoms with van der Waals surface area (Å²) in [6.07, 6.45) is 5.35. The Hall–Kier alpha value is -0.830. The van der Waals surface area contributed by atoms with Crippen LogP contribution in [-0.2, 0) is 16.7 Å². The lowest BCUT2D eigenvalue weighted by molar-refractivity contribution is -0.137. The molecular formula is C16H20BrNO. The van der Waals surface area contributed by atoms with Gasteiger partial charge in [0.15, 0.2) is 0 Å². The van der Waals surface area contributed by atoms with Gasteiger partial charge in [0.25, 0.3) is 0 Å². The van der Waals surface area contributed by atoms with Crippen LogP contribution in [0.1, 0.15) is 44.6 Å². The minimum Gasteiger partial charge on any atom is -0.332 e. The third-order valence-electron chi connectivity index (χ3n) is 4.57. The first-order valence-electron chi connectivity index (χ1n) is 7.65. The molecule has 3 heteroatoms. The van der Waals surface area contributed by atoms with E-state index in [1.165, 1.54) is 24.8 Å². The first kappa shape index (κ1) is 12.0. The molecule has 0 saturated heterocycles. The molecule has 0 bridgehead atoms. The summed E-state index contributed by atoms with van der Waals surface area (Å²) in [6, 6.07) is 8.26. The Morgan fingerprint density at radius 1 is 1.32 bits per heavy atom. The van der Waals surface area contributed by atoms with E-state index in [4.69, 9.17) is 1.37 Å². The van der Waals surface area contributed by atoms with Crippen molar-refractivity contribution >= 4 is 21.8 Å². The first-order chi connectivity index (χ1) is 9.69. The van der Waals surface area contributed by atoms with Gasteiger partial charge < -0.3 is 4.90 Å². The fourth-order valence-corrected chi connectivity index (χ4v) is 4.00. The van der Waals surface area contributed by atoms with Crippen molar-refractivity contribution < 1.29 is 6.17 Å². The highest BCUT2D eigenvalue weighted by Gasteiger charge is 2.44. The number of carbonyl (C=O) groups excluding carboxylic acids is 1. The summed E-state index contributed by atoms with van der Waals surface area (Å²) in [5.74, 6) is 0.124. The zero-order valence-corrected chi connectivity index (χ0v) is 12.7. The minimum absolute atomic E-state index is 0.124. The molecule has 2 nitrogen and oxygen atoms in total. The van der Waals surface area contributed by atoms with Crippen LogP contribution in [0.15, 0.2) is 24.3 Å². The number of benzene rings is 1. The number of nitrogens with zero attached hydrogens (tertiary/aromatic N) is 1. The first-order valence-corrected chi connectivity index (χ1v) is 8.19. The van der Waals surface area contributed by atoms with Crippen molar-refractivity contribution in [3.63, 3.8) is 0 Å². The van der Waals surface area contributed by atoms with Gasteiger partial charge in [-0.2, -0.15) is 0 Å². The molecule has 1 fully saturated rings. The monoisotopic (exact) mass is 322 g/mol. The van der Waals surface area contributed by atoms with Gasteiger partial charge in [-0.1, -0.05) is 59.5 Å². The number of hydrogen-bond acceptors (Lipinski definition) is 1. The van der Waals surface area contributed by atoms with Gasteiger partial charge in [0.2, 0.25) is 5.91 Å². The van der Waals surface area contributed by atoms with Crippen molar-refractivity contribution in [1.82, 2.24) is 4.90 Å². The van der Waals surface area contributed by atoms with Crippen LogP contribution in [0.4, 0.5) is 0 Å². The van der Waals surface area contributed by atoms with Crippen LogP contribution in [0.5, 0.6) is 0 Å². The summed E-state index contributed by atoms with van der Waals surface area (Å²) in [6.45, 7) is 0.529. The Balaban J connectivity index is 2.12. The van der Waals surface area contributed by atoms with Crippen LogP contribution >= 0.6 is 15.9 Å². The summed E-state index contributed by atoms with van der Waals surface area (Å²) in [7, 11) is 0. The molecule has 1 atom stereocenters. The Kier molecular flexibility index (Phi) is 3.32. The van der Waals surface area contributed by atoms with Gasteiger partial charge in [0, 0.05) is 7.92 Å². The lowest BCUT2D eigenvalue weighted by Gasteiger charge is -2.50. The minimum atomic E-state index is -0.318. The number of amides is 1. The second kappa shape index (κ2) is 5.28. The highest BCUT2D eigenvalue weighted by Crippen LogP contribution is 2.46. The van der Waals surface area contributed by atoms with E-state index in [0.29, 0.717) is 11.9 Å². The number of rotatable bonds is 1. The topological polar surface area (TPSA) is 20.3 Å². The number of halogens is 1. The second-order valence-corrected chi connectivity index (χ2v) is 6.08.